The van der Waals surface area contributed by atoms with E-state index in [0.29, 0.717) is 10.0 Å². The summed E-state index contributed by atoms with van der Waals surface area (Å²) < 4.78 is 52.4. The molecule has 0 heterocycles. The molecule has 0 fully saturated rings. The fourth-order valence-corrected chi connectivity index (χ4v) is 4.76. The van der Waals surface area contributed by atoms with Gasteiger partial charge in [-0.3, -0.25) is 0 Å². The molecule has 132 valence electrons. The van der Waals surface area contributed by atoms with Crippen LogP contribution in [0.2, 0.25) is 0 Å². The van der Waals surface area contributed by atoms with Crippen molar-refractivity contribution in [2.45, 2.75) is 9.79 Å². The summed E-state index contributed by atoms with van der Waals surface area (Å²) in [5.41, 5.74) is 0.913. The van der Waals surface area contributed by atoms with Crippen LogP contribution < -0.4 is 0 Å². The molecule has 0 unspecified atom stereocenters. The molecule has 0 saturated carbocycles. The summed E-state index contributed by atoms with van der Waals surface area (Å²) >= 11 is 3.29. The van der Waals surface area contributed by atoms with Crippen molar-refractivity contribution in [3.63, 3.8) is 0 Å². The largest absolute Gasteiger partial charge is 0.218 e. The van der Waals surface area contributed by atoms with Gasteiger partial charge in [0, 0.05) is 16.1 Å². The van der Waals surface area contributed by atoms with Gasteiger partial charge in [0.1, 0.15) is 11.6 Å². The summed E-state index contributed by atoms with van der Waals surface area (Å²) in [4.78, 5) is 0.353. The molecule has 6 heteroatoms. The van der Waals surface area contributed by atoms with Crippen LogP contribution in [-0.2, 0) is 9.84 Å². The van der Waals surface area contributed by atoms with Crippen LogP contribution in [0.1, 0.15) is 11.1 Å². The second-order valence-electron chi connectivity index (χ2n) is 5.51. The number of sulfone groups is 1. The van der Waals surface area contributed by atoms with Gasteiger partial charge < -0.3 is 0 Å². The molecule has 0 saturated heterocycles. The van der Waals surface area contributed by atoms with Crippen LogP contribution in [-0.4, -0.2) is 8.42 Å². The van der Waals surface area contributed by atoms with Crippen LogP contribution in [0, 0.1) is 11.6 Å². The summed E-state index contributed by atoms with van der Waals surface area (Å²) in [5, 5.41) is 0. The average molecular weight is 435 g/mol. The van der Waals surface area contributed by atoms with Gasteiger partial charge in [0.15, 0.2) is 0 Å². The molecule has 0 atom stereocenters. The third-order valence-corrected chi connectivity index (χ3v) is 6.46. The Morgan fingerprint density at radius 2 is 1.58 bits per heavy atom. The van der Waals surface area contributed by atoms with Gasteiger partial charge in [-0.25, -0.2) is 17.2 Å². The fourth-order valence-electron chi connectivity index (χ4n) is 2.39. The Balaban J connectivity index is 1.92. The van der Waals surface area contributed by atoms with E-state index in [1.807, 2.05) is 0 Å². The van der Waals surface area contributed by atoms with Crippen molar-refractivity contribution in [1.82, 2.24) is 0 Å². The zero-order chi connectivity index (χ0) is 18.7. The molecule has 26 heavy (non-hydrogen) atoms. The van der Waals surface area contributed by atoms with Gasteiger partial charge in [-0.15, -0.1) is 0 Å². The van der Waals surface area contributed by atoms with E-state index in [1.54, 1.807) is 36.4 Å². The highest BCUT2D eigenvalue weighted by molar-refractivity contribution is 9.10. The Labute approximate surface area is 158 Å². The predicted octanol–water partition coefficient (Wildman–Crippen LogP) is 5.73. The highest BCUT2D eigenvalue weighted by Crippen LogP contribution is 2.29. The Bertz CT molecular complexity index is 1080. The Morgan fingerprint density at radius 1 is 0.846 bits per heavy atom. The van der Waals surface area contributed by atoms with Gasteiger partial charge in [0.2, 0.25) is 9.84 Å². The molecule has 3 aromatic carbocycles. The van der Waals surface area contributed by atoms with Gasteiger partial charge in [-0.1, -0.05) is 36.4 Å². The summed E-state index contributed by atoms with van der Waals surface area (Å²) in [5.74, 6) is -1.30. The molecular formula is C20H13BrF2O2S. The minimum atomic E-state index is -3.64. The quantitative estimate of drug-likeness (QED) is 0.491. The molecule has 0 aliphatic carbocycles. The Kier molecular flexibility index (Phi) is 5.34. The van der Waals surface area contributed by atoms with E-state index in [2.05, 4.69) is 15.9 Å². The summed E-state index contributed by atoms with van der Waals surface area (Å²) in [6.07, 6.45) is 3.13. The summed E-state index contributed by atoms with van der Waals surface area (Å²) in [7, 11) is -3.64. The molecule has 0 aliphatic heterocycles. The van der Waals surface area contributed by atoms with Crippen molar-refractivity contribution >= 4 is 37.9 Å². The van der Waals surface area contributed by atoms with Crippen molar-refractivity contribution in [2.24, 2.45) is 0 Å². The van der Waals surface area contributed by atoms with Crippen molar-refractivity contribution < 1.29 is 17.2 Å². The van der Waals surface area contributed by atoms with Crippen molar-refractivity contribution in [2.75, 3.05) is 0 Å². The van der Waals surface area contributed by atoms with Gasteiger partial charge in [0.25, 0.3) is 0 Å². The molecule has 0 bridgehead atoms. The Hall–Kier alpha value is -2.31. The monoisotopic (exact) mass is 434 g/mol. The van der Waals surface area contributed by atoms with Crippen molar-refractivity contribution in [3.05, 3.63) is 94.0 Å². The molecule has 0 amide bonds. The molecular weight excluding hydrogens is 422 g/mol. The summed E-state index contributed by atoms with van der Waals surface area (Å²) in [6.45, 7) is 0. The first-order chi connectivity index (χ1) is 12.4. The first kappa shape index (κ1) is 18.5. The lowest BCUT2D eigenvalue weighted by Crippen LogP contribution is -2.02. The molecule has 3 aromatic rings. The van der Waals surface area contributed by atoms with Gasteiger partial charge in [-0.05, 0) is 57.9 Å². The van der Waals surface area contributed by atoms with E-state index < -0.39 is 21.5 Å². The zero-order valence-corrected chi connectivity index (χ0v) is 15.8. The van der Waals surface area contributed by atoms with Gasteiger partial charge in [0.05, 0.1) is 9.79 Å². The topological polar surface area (TPSA) is 34.1 Å². The van der Waals surface area contributed by atoms with Crippen LogP contribution in [0.5, 0.6) is 0 Å². The first-order valence-corrected chi connectivity index (χ1v) is 9.88. The maximum atomic E-state index is 13.7. The normalized spacial score (nSPS) is 11.8. The molecule has 2 nitrogen and oxygen atoms in total. The molecule has 0 spiro atoms. The van der Waals surface area contributed by atoms with E-state index in [-0.39, 0.29) is 15.4 Å². The number of halogens is 3. The van der Waals surface area contributed by atoms with Crippen LogP contribution in [0.4, 0.5) is 8.78 Å². The van der Waals surface area contributed by atoms with Crippen LogP contribution in [0.3, 0.4) is 0 Å². The van der Waals surface area contributed by atoms with Crippen molar-refractivity contribution in [1.29, 1.82) is 0 Å². The molecule has 0 aliphatic rings. The third kappa shape index (κ3) is 3.92. The molecule has 3 rings (SSSR count). The van der Waals surface area contributed by atoms with Gasteiger partial charge >= 0.3 is 0 Å². The Morgan fingerprint density at radius 3 is 2.23 bits per heavy atom. The van der Waals surface area contributed by atoms with Crippen LogP contribution in [0.15, 0.2) is 81.0 Å². The van der Waals surface area contributed by atoms with E-state index in [1.165, 1.54) is 36.4 Å². The maximum absolute atomic E-state index is 13.7. The number of benzene rings is 3. The van der Waals surface area contributed by atoms with Crippen LogP contribution in [0.25, 0.3) is 12.2 Å². The highest BCUT2D eigenvalue weighted by atomic mass is 79.9. The average Bonchev–Trinajstić information content (AvgIpc) is 2.61. The van der Waals surface area contributed by atoms with Crippen LogP contribution >= 0.6 is 15.9 Å². The minimum Gasteiger partial charge on any atom is -0.218 e. The SMILES string of the molecule is O=S(=O)(c1ccccc1)c1ccc(C=Cc2ccc(F)cc2F)cc1Br. The van der Waals surface area contributed by atoms with E-state index in [0.717, 1.165) is 6.07 Å². The number of hydrogen-bond donors (Lipinski definition) is 0. The fraction of sp³-hybridized carbons (Fsp3) is 0. The maximum Gasteiger partial charge on any atom is 0.207 e. The van der Waals surface area contributed by atoms with E-state index in [9.17, 15) is 17.2 Å². The number of rotatable bonds is 4. The minimum absolute atomic E-state index is 0.147. The lowest BCUT2D eigenvalue weighted by molar-refractivity contribution is 0.581. The number of hydrogen-bond acceptors (Lipinski definition) is 2. The highest BCUT2D eigenvalue weighted by Gasteiger charge is 2.20. The lowest BCUT2D eigenvalue weighted by atomic mass is 10.1. The third-order valence-electron chi connectivity index (χ3n) is 3.72. The molecule has 0 aromatic heterocycles. The van der Waals surface area contributed by atoms with Gasteiger partial charge in [-0.2, -0.15) is 0 Å². The molecule has 0 N–H and O–H groups in total. The van der Waals surface area contributed by atoms with E-state index in [4.69, 9.17) is 0 Å². The summed E-state index contributed by atoms with van der Waals surface area (Å²) in [6, 6.07) is 16.2. The van der Waals surface area contributed by atoms with Crippen molar-refractivity contribution in [3.8, 4) is 0 Å². The van der Waals surface area contributed by atoms with E-state index >= 15 is 0 Å². The predicted molar refractivity (Wildman–Crippen MR) is 101 cm³/mol. The standard InChI is InChI=1S/C20H13BrF2O2S/c21-18-12-14(6-8-15-9-10-16(22)13-19(15)23)7-11-20(18)26(24,25)17-4-2-1-3-5-17/h1-13H. The smallest absolute Gasteiger partial charge is 0.207 e. The second-order valence-corrected chi connectivity index (χ2v) is 8.28. The first-order valence-electron chi connectivity index (χ1n) is 7.61. The second kappa shape index (κ2) is 7.51. The molecule has 0 radical (unpaired) electrons. The zero-order valence-electron chi connectivity index (χ0n) is 13.4. The lowest BCUT2D eigenvalue weighted by Gasteiger charge is -2.07.